The van der Waals surface area contributed by atoms with Gasteiger partial charge in [-0.1, -0.05) is 6.07 Å². The Morgan fingerprint density at radius 3 is 2.95 bits per heavy atom. The third kappa shape index (κ3) is 2.94. The number of H-pyrrole nitrogens is 1. The molecule has 0 saturated carbocycles. The smallest absolute Gasteiger partial charge is 0.224 e. The second kappa shape index (κ2) is 5.64. The zero-order chi connectivity index (χ0) is 15.7. The van der Waals surface area contributed by atoms with Crippen molar-refractivity contribution in [2.45, 2.75) is 18.9 Å². The Morgan fingerprint density at radius 1 is 1.45 bits per heavy atom. The highest BCUT2D eigenvalue weighted by molar-refractivity contribution is 7.91. The molecule has 2 heterocycles. The van der Waals surface area contributed by atoms with E-state index in [1.807, 2.05) is 18.2 Å². The highest BCUT2D eigenvalue weighted by Crippen LogP contribution is 2.28. The molecule has 1 fully saturated rings. The molecule has 0 aliphatic carbocycles. The van der Waals surface area contributed by atoms with Crippen molar-refractivity contribution in [2.24, 2.45) is 0 Å². The summed E-state index contributed by atoms with van der Waals surface area (Å²) in [4.78, 5) is 15.3. The number of carbonyl (C=O) groups excluding carboxylic acids is 1. The number of methoxy groups -OCH3 is 1. The number of hydrogen-bond donors (Lipinski definition) is 2. The number of aromatic amines is 1. The maximum Gasteiger partial charge on any atom is 0.224 e. The molecule has 1 aromatic carbocycles. The third-order valence-corrected chi connectivity index (χ3v) is 5.69. The molecular formula is C15H18N2O4S. The maximum absolute atomic E-state index is 12.2. The van der Waals surface area contributed by atoms with Crippen LogP contribution in [0.4, 0.5) is 0 Å². The number of sulfone groups is 1. The molecule has 1 aliphatic rings. The van der Waals surface area contributed by atoms with E-state index in [0.29, 0.717) is 12.2 Å². The highest BCUT2D eigenvalue weighted by Gasteiger charge is 2.29. The summed E-state index contributed by atoms with van der Waals surface area (Å²) in [6.45, 7) is 0. The predicted molar refractivity (Wildman–Crippen MR) is 83.8 cm³/mol. The summed E-state index contributed by atoms with van der Waals surface area (Å²) in [6.07, 6.45) is 2.47. The summed E-state index contributed by atoms with van der Waals surface area (Å²) >= 11 is 0. The SMILES string of the molecule is COc1cccc2[nH]cc(CC(=O)NC3CCS(=O)(=O)C3)c12. The van der Waals surface area contributed by atoms with Crippen molar-refractivity contribution in [3.05, 3.63) is 30.0 Å². The Balaban J connectivity index is 1.75. The van der Waals surface area contributed by atoms with Crippen LogP contribution in [0, 0.1) is 0 Å². The van der Waals surface area contributed by atoms with Crippen LogP contribution in [0.5, 0.6) is 5.75 Å². The number of benzene rings is 1. The van der Waals surface area contributed by atoms with E-state index in [2.05, 4.69) is 10.3 Å². The summed E-state index contributed by atoms with van der Waals surface area (Å²) in [5, 5.41) is 3.69. The lowest BCUT2D eigenvalue weighted by atomic mass is 10.1. The molecule has 1 amide bonds. The van der Waals surface area contributed by atoms with Crippen LogP contribution in [-0.2, 0) is 21.1 Å². The molecule has 1 aliphatic heterocycles. The van der Waals surface area contributed by atoms with Gasteiger partial charge in [0, 0.05) is 23.1 Å². The van der Waals surface area contributed by atoms with E-state index in [9.17, 15) is 13.2 Å². The molecule has 0 radical (unpaired) electrons. The van der Waals surface area contributed by atoms with E-state index in [0.717, 1.165) is 16.5 Å². The Hall–Kier alpha value is -2.02. The van der Waals surface area contributed by atoms with Gasteiger partial charge >= 0.3 is 0 Å². The fraction of sp³-hybridized carbons (Fsp3) is 0.400. The predicted octanol–water partition coefficient (Wildman–Crippen LogP) is 1.02. The summed E-state index contributed by atoms with van der Waals surface area (Å²) in [5.74, 6) is 0.730. The second-order valence-electron chi connectivity index (χ2n) is 5.54. The van der Waals surface area contributed by atoms with Crippen molar-refractivity contribution in [1.82, 2.24) is 10.3 Å². The number of aromatic nitrogens is 1. The molecule has 7 heteroatoms. The number of amides is 1. The van der Waals surface area contributed by atoms with Gasteiger partial charge in [0.25, 0.3) is 0 Å². The number of hydrogen-bond acceptors (Lipinski definition) is 4. The monoisotopic (exact) mass is 322 g/mol. The summed E-state index contributed by atoms with van der Waals surface area (Å²) in [5.41, 5.74) is 1.75. The standard InChI is InChI=1S/C15H18N2O4S/c1-21-13-4-2-3-12-15(13)10(8-16-12)7-14(18)17-11-5-6-22(19,20)9-11/h2-4,8,11,16H,5-7,9H2,1H3,(H,17,18). The molecule has 3 rings (SSSR count). The van der Waals surface area contributed by atoms with Crippen molar-refractivity contribution in [1.29, 1.82) is 0 Å². The van der Waals surface area contributed by atoms with Gasteiger partial charge in [0.2, 0.25) is 5.91 Å². The van der Waals surface area contributed by atoms with Gasteiger partial charge in [-0.2, -0.15) is 0 Å². The number of carbonyl (C=O) groups is 1. The van der Waals surface area contributed by atoms with E-state index in [4.69, 9.17) is 4.74 Å². The van der Waals surface area contributed by atoms with Crippen molar-refractivity contribution in [3.63, 3.8) is 0 Å². The van der Waals surface area contributed by atoms with Gasteiger partial charge in [-0.25, -0.2) is 8.42 Å². The average molecular weight is 322 g/mol. The molecule has 1 atom stereocenters. The van der Waals surface area contributed by atoms with Crippen molar-refractivity contribution < 1.29 is 17.9 Å². The second-order valence-corrected chi connectivity index (χ2v) is 7.77. The first kappa shape index (κ1) is 14.9. The van der Waals surface area contributed by atoms with Gasteiger partial charge in [0.15, 0.2) is 9.84 Å². The molecular weight excluding hydrogens is 304 g/mol. The van der Waals surface area contributed by atoms with E-state index < -0.39 is 9.84 Å². The number of ether oxygens (including phenoxy) is 1. The molecule has 0 bridgehead atoms. The minimum atomic E-state index is -2.99. The minimum absolute atomic E-state index is 0.0376. The Labute approximate surface area is 128 Å². The summed E-state index contributed by atoms with van der Waals surface area (Å²) in [6, 6.07) is 5.37. The van der Waals surface area contributed by atoms with Gasteiger partial charge in [-0.15, -0.1) is 0 Å². The lowest BCUT2D eigenvalue weighted by Gasteiger charge is -2.11. The summed E-state index contributed by atoms with van der Waals surface area (Å²) < 4.78 is 28.2. The molecule has 2 aromatic rings. The maximum atomic E-state index is 12.2. The van der Waals surface area contributed by atoms with Crippen LogP contribution in [0.3, 0.4) is 0 Å². The number of fused-ring (bicyclic) bond motifs is 1. The van der Waals surface area contributed by atoms with Crippen LogP contribution < -0.4 is 10.1 Å². The quantitative estimate of drug-likeness (QED) is 0.880. The van der Waals surface area contributed by atoms with Gasteiger partial charge in [0.1, 0.15) is 5.75 Å². The van der Waals surface area contributed by atoms with Crippen LogP contribution in [0.2, 0.25) is 0 Å². The van der Waals surface area contributed by atoms with E-state index in [1.165, 1.54) is 0 Å². The van der Waals surface area contributed by atoms with Crippen molar-refractivity contribution in [3.8, 4) is 5.75 Å². The average Bonchev–Trinajstić information content (AvgIpc) is 3.02. The lowest BCUT2D eigenvalue weighted by Crippen LogP contribution is -2.36. The van der Waals surface area contributed by atoms with Crippen LogP contribution in [0.25, 0.3) is 10.9 Å². The molecule has 22 heavy (non-hydrogen) atoms. The zero-order valence-electron chi connectivity index (χ0n) is 12.3. The minimum Gasteiger partial charge on any atom is -0.496 e. The molecule has 1 unspecified atom stereocenters. The van der Waals surface area contributed by atoms with Gasteiger partial charge in [-0.3, -0.25) is 4.79 Å². The zero-order valence-corrected chi connectivity index (χ0v) is 13.1. The largest absolute Gasteiger partial charge is 0.496 e. The molecule has 6 nitrogen and oxygen atoms in total. The Bertz CT molecular complexity index is 810. The fourth-order valence-electron chi connectivity index (χ4n) is 2.89. The molecule has 118 valence electrons. The van der Waals surface area contributed by atoms with Gasteiger partial charge in [0.05, 0.1) is 25.0 Å². The topological polar surface area (TPSA) is 88.3 Å². The molecule has 1 saturated heterocycles. The van der Waals surface area contributed by atoms with Crippen LogP contribution in [0.15, 0.2) is 24.4 Å². The lowest BCUT2D eigenvalue weighted by molar-refractivity contribution is -0.120. The molecule has 0 spiro atoms. The summed E-state index contributed by atoms with van der Waals surface area (Å²) in [7, 11) is -1.40. The van der Waals surface area contributed by atoms with E-state index in [1.54, 1.807) is 13.3 Å². The first-order valence-electron chi connectivity index (χ1n) is 7.11. The Morgan fingerprint density at radius 2 is 2.27 bits per heavy atom. The van der Waals surface area contributed by atoms with Gasteiger partial charge < -0.3 is 15.0 Å². The van der Waals surface area contributed by atoms with Crippen LogP contribution >= 0.6 is 0 Å². The van der Waals surface area contributed by atoms with Crippen molar-refractivity contribution in [2.75, 3.05) is 18.6 Å². The van der Waals surface area contributed by atoms with E-state index >= 15 is 0 Å². The van der Waals surface area contributed by atoms with E-state index in [-0.39, 0.29) is 29.9 Å². The molecule has 1 aromatic heterocycles. The fourth-order valence-corrected chi connectivity index (χ4v) is 4.56. The first-order valence-corrected chi connectivity index (χ1v) is 8.93. The highest BCUT2D eigenvalue weighted by atomic mass is 32.2. The molecule has 2 N–H and O–H groups in total. The van der Waals surface area contributed by atoms with Gasteiger partial charge in [-0.05, 0) is 24.1 Å². The first-order chi connectivity index (χ1) is 10.5. The van der Waals surface area contributed by atoms with Crippen LogP contribution in [0.1, 0.15) is 12.0 Å². The normalized spacial score (nSPS) is 20.1. The number of nitrogens with one attached hydrogen (secondary N) is 2. The Kier molecular flexibility index (Phi) is 3.82. The number of rotatable bonds is 4. The third-order valence-electron chi connectivity index (χ3n) is 3.92. The van der Waals surface area contributed by atoms with Crippen LogP contribution in [-0.4, -0.2) is 44.0 Å². The van der Waals surface area contributed by atoms with Crippen molar-refractivity contribution >= 4 is 26.6 Å².